The second-order valence-corrected chi connectivity index (χ2v) is 9.16. The van der Waals surface area contributed by atoms with Gasteiger partial charge in [-0.1, -0.05) is 18.2 Å². The lowest BCUT2D eigenvalue weighted by Crippen LogP contribution is -2.41. The van der Waals surface area contributed by atoms with Crippen molar-refractivity contribution in [1.29, 1.82) is 0 Å². The number of nitrogens with one attached hydrogen (secondary N) is 2. The number of hydrogen-bond acceptors (Lipinski definition) is 4. The van der Waals surface area contributed by atoms with Gasteiger partial charge in [0.2, 0.25) is 10.0 Å². The maximum atomic E-state index is 12.6. The number of piperidine rings is 1. The number of amides is 2. The molecule has 2 fully saturated rings. The van der Waals surface area contributed by atoms with Crippen LogP contribution in [0.15, 0.2) is 35.2 Å². The number of urea groups is 1. The predicted octanol–water partition coefficient (Wildman–Crippen LogP) is 1.96. The van der Waals surface area contributed by atoms with Gasteiger partial charge in [0.05, 0.1) is 11.0 Å². The first-order valence-corrected chi connectivity index (χ1v) is 11.2. The van der Waals surface area contributed by atoms with Crippen LogP contribution in [0.4, 0.5) is 4.79 Å². The zero-order chi connectivity index (χ0) is 19.1. The van der Waals surface area contributed by atoms with Gasteiger partial charge in [-0.25, -0.2) is 13.2 Å². The molecule has 2 amide bonds. The second kappa shape index (κ2) is 9.52. The summed E-state index contributed by atoms with van der Waals surface area (Å²) in [4.78, 5) is 12.2. The van der Waals surface area contributed by atoms with Crippen molar-refractivity contribution in [2.75, 3.05) is 32.8 Å². The van der Waals surface area contributed by atoms with E-state index in [1.165, 1.54) is 0 Å². The molecule has 2 saturated heterocycles. The highest BCUT2D eigenvalue weighted by Gasteiger charge is 2.29. The van der Waals surface area contributed by atoms with Crippen molar-refractivity contribution in [1.82, 2.24) is 14.9 Å². The van der Waals surface area contributed by atoms with E-state index in [9.17, 15) is 13.2 Å². The lowest BCUT2D eigenvalue weighted by atomic mass is 9.95. The van der Waals surface area contributed by atoms with E-state index in [1.807, 2.05) is 6.07 Å². The Balaban J connectivity index is 1.34. The summed E-state index contributed by atoms with van der Waals surface area (Å²) >= 11 is 0. The summed E-state index contributed by atoms with van der Waals surface area (Å²) in [6, 6.07) is 8.43. The van der Waals surface area contributed by atoms with Crippen molar-refractivity contribution in [2.45, 2.75) is 43.1 Å². The van der Waals surface area contributed by atoms with Crippen molar-refractivity contribution < 1.29 is 17.9 Å². The number of benzene rings is 1. The molecule has 27 heavy (non-hydrogen) atoms. The summed E-state index contributed by atoms with van der Waals surface area (Å²) in [5.41, 5.74) is 0. The number of carbonyl (C=O) groups excluding carboxylic acids is 1. The van der Waals surface area contributed by atoms with Gasteiger partial charge in [-0.2, -0.15) is 4.31 Å². The molecule has 2 heterocycles. The largest absolute Gasteiger partial charge is 0.376 e. The van der Waals surface area contributed by atoms with Gasteiger partial charge >= 0.3 is 6.03 Å². The molecule has 2 aliphatic heterocycles. The third-order valence-corrected chi connectivity index (χ3v) is 7.22. The van der Waals surface area contributed by atoms with E-state index in [0.29, 0.717) is 37.0 Å². The number of sulfonamides is 1. The van der Waals surface area contributed by atoms with Gasteiger partial charge in [-0.3, -0.25) is 0 Å². The van der Waals surface area contributed by atoms with Crippen LogP contribution in [0, 0.1) is 5.92 Å². The van der Waals surface area contributed by atoms with E-state index in [2.05, 4.69) is 10.6 Å². The fourth-order valence-corrected chi connectivity index (χ4v) is 5.13. The monoisotopic (exact) mass is 395 g/mol. The highest BCUT2D eigenvalue weighted by atomic mass is 32.2. The number of rotatable bonds is 7. The number of hydrogen-bond donors (Lipinski definition) is 2. The van der Waals surface area contributed by atoms with Gasteiger partial charge in [0.1, 0.15) is 0 Å². The van der Waals surface area contributed by atoms with Crippen molar-refractivity contribution in [3.8, 4) is 0 Å². The molecule has 0 saturated carbocycles. The first-order chi connectivity index (χ1) is 13.1. The summed E-state index contributed by atoms with van der Waals surface area (Å²) in [5, 5.41) is 5.73. The van der Waals surface area contributed by atoms with Crippen LogP contribution in [0.1, 0.15) is 32.1 Å². The molecule has 3 rings (SSSR count). The zero-order valence-corrected chi connectivity index (χ0v) is 16.4. The van der Waals surface area contributed by atoms with Crippen LogP contribution < -0.4 is 10.6 Å². The maximum Gasteiger partial charge on any atom is 0.314 e. The van der Waals surface area contributed by atoms with Crippen molar-refractivity contribution in [2.24, 2.45) is 5.92 Å². The third kappa shape index (κ3) is 5.67. The van der Waals surface area contributed by atoms with Crippen LogP contribution in [0.5, 0.6) is 0 Å². The van der Waals surface area contributed by atoms with Gasteiger partial charge in [-0.15, -0.1) is 0 Å². The molecule has 0 radical (unpaired) electrons. The molecule has 8 heteroatoms. The normalized spacial score (nSPS) is 21.9. The van der Waals surface area contributed by atoms with Gasteiger partial charge < -0.3 is 15.4 Å². The van der Waals surface area contributed by atoms with Crippen LogP contribution in [0.25, 0.3) is 0 Å². The van der Waals surface area contributed by atoms with Crippen LogP contribution in [0.3, 0.4) is 0 Å². The minimum atomic E-state index is -3.39. The van der Waals surface area contributed by atoms with E-state index in [0.717, 1.165) is 38.7 Å². The highest BCUT2D eigenvalue weighted by Crippen LogP contribution is 2.25. The van der Waals surface area contributed by atoms with Crippen LogP contribution in [0.2, 0.25) is 0 Å². The molecule has 1 aromatic carbocycles. The van der Waals surface area contributed by atoms with Crippen LogP contribution in [-0.4, -0.2) is 57.6 Å². The lowest BCUT2D eigenvalue weighted by molar-refractivity contribution is 0.111. The SMILES string of the molecule is O=C(NCCC1CCN(S(=O)(=O)c2ccccc2)CC1)NCC1CCCO1. The van der Waals surface area contributed by atoms with E-state index in [-0.39, 0.29) is 12.1 Å². The van der Waals surface area contributed by atoms with E-state index in [1.54, 1.807) is 28.6 Å². The zero-order valence-electron chi connectivity index (χ0n) is 15.6. The molecular formula is C19H29N3O4S. The maximum absolute atomic E-state index is 12.6. The molecule has 2 aliphatic rings. The smallest absolute Gasteiger partial charge is 0.314 e. The van der Waals surface area contributed by atoms with Crippen molar-refractivity contribution in [3.63, 3.8) is 0 Å². The van der Waals surface area contributed by atoms with E-state index in [4.69, 9.17) is 4.74 Å². The van der Waals surface area contributed by atoms with Gasteiger partial charge in [0.15, 0.2) is 0 Å². The molecule has 1 aromatic rings. The van der Waals surface area contributed by atoms with E-state index >= 15 is 0 Å². The summed E-state index contributed by atoms with van der Waals surface area (Å²) in [5.74, 6) is 0.436. The Morgan fingerprint density at radius 2 is 1.85 bits per heavy atom. The Hall–Kier alpha value is -1.64. The average Bonchev–Trinajstić information content (AvgIpc) is 3.21. The minimum Gasteiger partial charge on any atom is -0.376 e. The minimum absolute atomic E-state index is 0.145. The Bertz CT molecular complexity index is 697. The first kappa shape index (κ1) is 20.1. The topological polar surface area (TPSA) is 87.7 Å². The summed E-state index contributed by atoms with van der Waals surface area (Å²) in [6.07, 6.45) is 4.73. The van der Waals surface area contributed by atoms with E-state index < -0.39 is 10.0 Å². The first-order valence-electron chi connectivity index (χ1n) is 9.74. The van der Waals surface area contributed by atoms with Crippen LogP contribution in [-0.2, 0) is 14.8 Å². The molecule has 2 N–H and O–H groups in total. The van der Waals surface area contributed by atoms with Gasteiger partial charge in [0, 0.05) is 32.8 Å². The van der Waals surface area contributed by atoms with Gasteiger partial charge in [-0.05, 0) is 50.2 Å². The summed E-state index contributed by atoms with van der Waals surface area (Å²) < 4.78 is 32.3. The Morgan fingerprint density at radius 1 is 1.11 bits per heavy atom. The third-order valence-electron chi connectivity index (χ3n) is 5.31. The average molecular weight is 396 g/mol. The van der Waals surface area contributed by atoms with Crippen molar-refractivity contribution >= 4 is 16.1 Å². The molecule has 0 aliphatic carbocycles. The molecule has 1 unspecified atom stereocenters. The fourth-order valence-electron chi connectivity index (χ4n) is 3.64. The molecule has 150 valence electrons. The fraction of sp³-hybridized carbons (Fsp3) is 0.632. The molecule has 7 nitrogen and oxygen atoms in total. The molecule has 1 atom stereocenters. The predicted molar refractivity (Wildman–Crippen MR) is 103 cm³/mol. The summed E-state index contributed by atoms with van der Waals surface area (Å²) in [6.45, 7) is 3.02. The molecular weight excluding hydrogens is 366 g/mol. The standard InChI is InChI=1S/C19H29N3O4S/c23-19(21-15-17-5-4-14-26-17)20-11-8-16-9-12-22(13-10-16)27(24,25)18-6-2-1-3-7-18/h1-3,6-7,16-17H,4-5,8-15H2,(H2,20,21,23). The molecule has 0 aromatic heterocycles. The number of nitrogens with zero attached hydrogens (tertiary/aromatic N) is 1. The second-order valence-electron chi connectivity index (χ2n) is 7.22. The van der Waals surface area contributed by atoms with Gasteiger partial charge in [0.25, 0.3) is 0 Å². The Morgan fingerprint density at radius 3 is 2.52 bits per heavy atom. The molecule has 0 spiro atoms. The van der Waals surface area contributed by atoms with Crippen molar-refractivity contribution in [3.05, 3.63) is 30.3 Å². The Kier molecular flexibility index (Phi) is 7.09. The quantitative estimate of drug-likeness (QED) is 0.739. The Labute approximate surface area is 161 Å². The lowest BCUT2D eigenvalue weighted by Gasteiger charge is -2.31. The number of ether oxygens (including phenoxy) is 1. The number of carbonyl (C=O) groups is 1. The summed E-state index contributed by atoms with van der Waals surface area (Å²) in [7, 11) is -3.39. The van der Waals surface area contributed by atoms with Crippen LogP contribution >= 0.6 is 0 Å². The highest BCUT2D eigenvalue weighted by molar-refractivity contribution is 7.89. The molecule has 0 bridgehead atoms.